The number of carbonyl (C=O) groups excluding carboxylic acids is 1. The van der Waals surface area contributed by atoms with Gasteiger partial charge >= 0.3 is 5.97 Å². The third-order valence-electron chi connectivity index (χ3n) is 5.38. The molecule has 4 rings (SSSR count). The number of nitrogens with one attached hydrogen (secondary N) is 2. The van der Waals surface area contributed by atoms with Gasteiger partial charge in [0, 0.05) is 15.4 Å². The summed E-state index contributed by atoms with van der Waals surface area (Å²) in [5, 5.41) is 11.4. The maximum absolute atomic E-state index is 13.4. The quantitative estimate of drug-likeness (QED) is 0.442. The van der Waals surface area contributed by atoms with Gasteiger partial charge in [-0.05, 0) is 47.9 Å². The molecule has 0 bridgehead atoms. The third-order valence-corrected chi connectivity index (χ3v) is 8.41. The SMILES string of the molecule is O=C(O)Cc1ccc(-c2ccc([C@H]3C[C@@H](C(=O)Nc4ccc(F)c(Cl)c4)CS(=O)(=O)N3)s2)cc1. The topological polar surface area (TPSA) is 113 Å². The van der Waals surface area contributed by atoms with Gasteiger partial charge in [0.1, 0.15) is 5.82 Å². The lowest BCUT2D eigenvalue weighted by Gasteiger charge is -2.28. The standard InChI is InChI=1S/C23H20ClFN2O5S2/c24-17-11-16(5-6-18(17)25)26-23(30)15-10-19(27-34(31,32)12-15)21-8-7-20(33-21)14-3-1-13(2-4-14)9-22(28)29/h1-8,11,15,19,27H,9-10,12H2,(H,26,30)(H,28,29)/t15-,19-/m1/s1. The number of hydrogen-bond acceptors (Lipinski definition) is 5. The second kappa shape index (κ2) is 9.83. The molecule has 2 heterocycles. The Morgan fingerprint density at radius 1 is 1.15 bits per heavy atom. The Hall–Kier alpha value is -2.79. The van der Waals surface area contributed by atoms with Crippen LogP contribution in [0.4, 0.5) is 10.1 Å². The van der Waals surface area contributed by atoms with Crippen LogP contribution in [0.2, 0.25) is 5.02 Å². The van der Waals surface area contributed by atoms with Gasteiger partial charge in [-0.1, -0.05) is 35.9 Å². The largest absolute Gasteiger partial charge is 0.481 e. The van der Waals surface area contributed by atoms with Gasteiger partial charge in [-0.2, -0.15) is 0 Å². The molecule has 2 atom stereocenters. The number of anilines is 1. The molecule has 2 aromatic carbocycles. The summed E-state index contributed by atoms with van der Waals surface area (Å²) in [6.07, 6.45) is 0.199. The minimum atomic E-state index is -3.70. The van der Waals surface area contributed by atoms with Crippen molar-refractivity contribution in [1.82, 2.24) is 4.72 Å². The molecule has 0 unspecified atom stereocenters. The Bertz CT molecular complexity index is 1340. The summed E-state index contributed by atoms with van der Waals surface area (Å²) in [5.41, 5.74) is 1.85. The van der Waals surface area contributed by atoms with Crippen molar-refractivity contribution in [1.29, 1.82) is 0 Å². The van der Waals surface area contributed by atoms with Gasteiger partial charge in [0.05, 0.1) is 29.2 Å². The Morgan fingerprint density at radius 3 is 2.56 bits per heavy atom. The van der Waals surface area contributed by atoms with Crippen molar-refractivity contribution in [3.8, 4) is 10.4 Å². The zero-order valence-electron chi connectivity index (χ0n) is 17.6. The Kier molecular flexibility index (Phi) is 7.04. The summed E-state index contributed by atoms with van der Waals surface area (Å²) in [6, 6.07) is 14.0. The Balaban J connectivity index is 1.49. The Labute approximate surface area is 204 Å². The summed E-state index contributed by atoms with van der Waals surface area (Å²) in [5.74, 6) is -3.16. The molecule has 3 aromatic rings. The minimum Gasteiger partial charge on any atom is -0.481 e. The third kappa shape index (κ3) is 5.82. The molecule has 0 radical (unpaired) electrons. The van der Waals surface area contributed by atoms with Crippen molar-refractivity contribution < 1.29 is 27.5 Å². The lowest BCUT2D eigenvalue weighted by molar-refractivity contribution is -0.136. The van der Waals surface area contributed by atoms with Crippen molar-refractivity contribution in [2.45, 2.75) is 18.9 Å². The van der Waals surface area contributed by atoms with Crippen LogP contribution in [0.1, 0.15) is 22.9 Å². The number of amides is 1. The van der Waals surface area contributed by atoms with Crippen molar-refractivity contribution >= 4 is 50.5 Å². The molecule has 0 aliphatic carbocycles. The van der Waals surface area contributed by atoms with Gasteiger partial charge in [0.2, 0.25) is 15.9 Å². The van der Waals surface area contributed by atoms with E-state index in [4.69, 9.17) is 16.7 Å². The fourth-order valence-electron chi connectivity index (χ4n) is 3.76. The number of rotatable bonds is 6. The highest BCUT2D eigenvalue weighted by Crippen LogP contribution is 2.36. The van der Waals surface area contributed by atoms with Crippen LogP contribution < -0.4 is 10.0 Å². The molecule has 34 heavy (non-hydrogen) atoms. The molecule has 0 saturated carbocycles. The van der Waals surface area contributed by atoms with E-state index in [0.717, 1.165) is 21.4 Å². The van der Waals surface area contributed by atoms with Crippen LogP contribution in [0.15, 0.2) is 54.6 Å². The average Bonchev–Trinajstić information content (AvgIpc) is 3.26. The summed E-state index contributed by atoms with van der Waals surface area (Å²) in [7, 11) is -3.70. The minimum absolute atomic E-state index is 0.0621. The predicted octanol–water partition coefficient (Wildman–Crippen LogP) is 4.45. The molecule has 1 aliphatic heterocycles. The number of benzene rings is 2. The Morgan fingerprint density at radius 2 is 1.88 bits per heavy atom. The first-order valence-corrected chi connectivity index (χ1v) is 13.1. The van der Waals surface area contributed by atoms with Crippen LogP contribution in [-0.4, -0.2) is 31.2 Å². The normalized spacial score (nSPS) is 19.5. The van der Waals surface area contributed by atoms with E-state index in [1.165, 1.54) is 23.5 Å². The van der Waals surface area contributed by atoms with Crippen LogP contribution in [-0.2, 0) is 26.0 Å². The molecule has 1 aromatic heterocycles. The van der Waals surface area contributed by atoms with Gasteiger partial charge in [-0.25, -0.2) is 17.5 Å². The highest BCUT2D eigenvalue weighted by Gasteiger charge is 2.36. The van der Waals surface area contributed by atoms with Crippen LogP contribution >= 0.6 is 22.9 Å². The predicted molar refractivity (Wildman–Crippen MR) is 129 cm³/mol. The van der Waals surface area contributed by atoms with Crippen LogP contribution in [0, 0.1) is 11.7 Å². The maximum atomic E-state index is 13.4. The van der Waals surface area contributed by atoms with Gasteiger partial charge in [-0.3, -0.25) is 9.59 Å². The van der Waals surface area contributed by atoms with Crippen molar-refractivity contribution in [2.24, 2.45) is 5.92 Å². The highest BCUT2D eigenvalue weighted by atomic mass is 35.5. The number of carboxylic acid groups (broad SMARTS) is 1. The molecule has 178 valence electrons. The summed E-state index contributed by atoms with van der Waals surface area (Å²) < 4.78 is 41.0. The van der Waals surface area contributed by atoms with Crippen LogP contribution in [0.5, 0.6) is 0 Å². The molecule has 7 nitrogen and oxygen atoms in total. The van der Waals surface area contributed by atoms with E-state index < -0.39 is 39.7 Å². The van der Waals surface area contributed by atoms with Crippen molar-refractivity contribution in [3.63, 3.8) is 0 Å². The molecule has 1 aliphatic rings. The van der Waals surface area contributed by atoms with Gasteiger partial charge in [-0.15, -0.1) is 11.3 Å². The van der Waals surface area contributed by atoms with E-state index in [2.05, 4.69) is 10.0 Å². The van der Waals surface area contributed by atoms with Crippen molar-refractivity contribution in [3.05, 3.63) is 75.9 Å². The molecule has 1 amide bonds. The van der Waals surface area contributed by atoms with E-state index in [-0.39, 0.29) is 29.3 Å². The monoisotopic (exact) mass is 522 g/mol. The number of halogens is 2. The van der Waals surface area contributed by atoms with E-state index >= 15 is 0 Å². The first-order chi connectivity index (χ1) is 16.1. The average molecular weight is 523 g/mol. The summed E-state index contributed by atoms with van der Waals surface area (Å²) in [4.78, 5) is 25.3. The number of thiophene rings is 1. The second-order valence-corrected chi connectivity index (χ2v) is 11.3. The molecular weight excluding hydrogens is 503 g/mol. The molecule has 1 fully saturated rings. The molecule has 1 saturated heterocycles. The first-order valence-electron chi connectivity index (χ1n) is 10.3. The summed E-state index contributed by atoms with van der Waals surface area (Å²) in [6.45, 7) is 0. The van der Waals surface area contributed by atoms with E-state index in [9.17, 15) is 22.4 Å². The lowest BCUT2D eigenvalue weighted by Crippen LogP contribution is -2.44. The fourth-order valence-corrected chi connectivity index (χ4v) is 6.66. The van der Waals surface area contributed by atoms with E-state index in [1.54, 1.807) is 12.1 Å². The van der Waals surface area contributed by atoms with Crippen LogP contribution in [0.3, 0.4) is 0 Å². The number of aliphatic carboxylic acids is 1. The van der Waals surface area contributed by atoms with E-state index in [1.807, 2.05) is 24.3 Å². The van der Waals surface area contributed by atoms with Gasteiger partial charge < -0.3 is 10.4 Å². The zero-order valence-corrected chi connectivity index (χ0v) is 20.0. The maximum Gasteiger partial charge on any atom is 0.307 e. The molecule has 3 N–H and O–H groups in total. The smallest absolute Gasteiger partial charge is 0.307 e. The zero-order chi connectivity index (χ0) is 24.5. The molecule has 11 heteroatoms. The number of carbonyl (C=O) groups is 2. The van der Waals surface area contributed by atoms with Crippen LogP contribution in [0.25, 0.3) is 10.4 Å². The van der Waals surface area contributed by atoms with Gasteiger partial charge in [0.25, 0.3) is 0 Å². The number of carboxylic acids is 1. The lowest BCUT2D eigenvalue weighted by atomic mass is 9.99. The number of hydrogen-bond donors (Lipinski definition) is 3. The fraction of sp³-hybridized carbons (Fsp3) is 0.217. The van der Waals surface area contributed by atoms with Crippen molar-refractivity contribution in [2.75, 3.05) is 11.1 Å². The second-order valence-electron chi connectivity index (χ2n) is 7.97. The number of sulfonamides is 1. The van der Waals surface area contributed by atoms with Gasteiger partial charge in [0.15, 0.2) is 0 Å². The molecule has 0 spiro atoms. The summed E-state index contributed by atoms with van der Waals surface area (Å²) >= 11 is 7.16. The van der Waals surface area contributed by atoms with E-state index in [0.29, 0.717) is 5.56 Å². The molecular formula is C23H20ClFN2O5S2. The highest BCUT2D eigenvalue weighted by molar-refractivity contribution is 7.89. The first kappa shape index (κ1) is 24.3.